The van der Waals surface area contributed by atoms with Gasteiger partial charge in [0.25, 0.3) is 11.5 Å². The number of aromatic hydroxyl groups is 1. The Bertz CT molecular complexity index is 1530. The molecular weight excluding hydrogens is 506 g/mol. The number of Topliss-reactive ketones (excluding diaryl/α,β-unsaturated/α-hetero) is 1. The van der Waals surface area contributed by atoms with Crippen molar-refractivity contribution in [2.45, 2.75) is 26.8 Å². The molecule has 0 radical (unpaired) electrons. The Morgan fingerprint density at radius 3 is 2.43 bits per heavy atom. The highest BCUT2D eigenvalue weighted by molar-refractivity contribution is 8.26. The fourth-order valence-corrected chi connectivity index (χ4v) is 5.35. The van der Waals surface area contributed by atoms with E-state index in [4.69, 9.17) is 12.2 Å². The van der Waals surface area contributed by atoms with Crippen LogP contribution in [-0.4, -0.2) is 37.1 Å². The van der Waals surface area contributed by atoms with Crippen LogP contribution in [0.5, 0.6) is 5.88 Å². The van der Waals surface area contributed by atoms with Crippen molar-refractivity contribution in [1.82, 2.24) is 9.47 Å². The van der Waals surface area contributed by atoms with Crippen molar-refractivity contribution in [3.63, 3.8) is 0 Å². The van der Waals surface area contributed by atoms with Gasteiger partial charge in [0.05, 0.1) is 17.0 Å². The molecular formula is C28H23N3O4S2. The number of hydrogen-bond donors (Lipinski definition) is 1. The number of carbonyl (C=O) groups is 2. The first-order valence-corrected chi connectivity index (χ1v) is 12.7. The summed E-state index contributed by atoms with van der Waals surface area (Å²) in [5.74, 6) is -1.29. The summed E-state index contributed by atoms with van der Waals surface area (Å²) >= 11 is 6.53. The van der Waals surface area contributed by atoms with Gasteiger partial charge < -0.3 is 5.11 Å². The Morgan fingerprint density at radius 1 is 1.11 bits per heavy atom. The molecule has 186 valence electrons. The van der Waals surface area contributed by atoms with Crippen molar-refractivity contribution in [1.29, 1.82) is 5.26 Å². The zero-order valence-electron chi connectivity index (χ0n) is 20.2. The highest BCUT2D eigenvalue weighted by Crippen LogP contribution is 2.33. The average molecular weight is 530 g/mol. The van der Waals surface area contributed by atoms with Crippen LogP contribution in [0.15, 0.2) is 64.3 Å². The third-order valence-electron chi connectivity index (χ3n) is 6.07. The van der Waals surface area contributed by atoms with E-state index < -0.39 is 17.2 Å². The molecule has 1 N–H and O–H groups in total. The molecule has 1 aliphatic heterocycles. The maximum Gasteiger partial charge on any atom is 0.271 e. The molecule has 0 aliphatic carbocycles. The van der Waals surface area contributed by atoms with E-state index in [-0.39, 0.29) is 42.1 Å². The molecule has 1 aromatic heterocycles. The number of benzene rings is 2. The Labute approximate surface area is 223 Å². The van der Waals surface area contributed by atoms with Crippen molar-refractivity contribution in [3.8, 4) is 11.9 Å². The highest BCUT2D eigenvalue weighted by atomic mass is 32.2. The van der Waals surface area contributed by atoms with Gasteiger partial charge in [-0.05, 0) is 36.6 Å². The fourth-order valence-electron chi connectivity index (χ4n) is 4.04. The van der Waals surface area contributed by atoms with Crippen LogP contribution in [0.1, 0.15) is 44.6 Å². The summed E-state index contributed by atoms with van der Waals surface area (Å²) in [6.45, 7) is 3.40. The van der Waals surface area contributed by atoms with Crippen LogP contribution in [0.2, 0.25) is 0 Å². The highest BCUT2D eigenvalue weighted by Gasteiger charge is 2.33. The topological polar surface area (TPSA) is 103 Å². The maximum atomic E-state index is 13.3. The third-order valence-corrected chi connectivity index (χ3v) is 7.45. The molecule has 0 atom stereocenters. The molecule has 0 spiro atoms. The summed E-state index contributed by atoms with van der Waals surface area (Å²) in [4.78, 5) is 40.9. The van der Waals surface area contributed by atoms with E-state index in [1.807, 2.05) is 67.6 Å². The minimum Gasteiger partial charge on any atom is -0.494 e. The quantitative estimate of drug-likeness (QED) is 0.272. The van der Waals surface area contributed by atoms with Gasteiger partial charge in [0.2, 0.25) is 5.88 Å². The van der Waals surface area contributed by atoms with E-state index >= 15 is 0 Å². The molecule has 4 rings (SSSR count). The first kappa shape index (κ1) is 26.1. The van der Waals surface area contributed by atoms with Gasteiger partial charge >= 0.3 is 0 Å². The molecule has 0 bridgehead atoms. The molecule has 1 amide bonds. The zero-order valence-corrected chi connectivity index (χ0v) is 21.9. The first-order valence-electron chi connectivity index (χ1n) is 11.5. The van der Waals surface area contributed by atoms with Crippen molar-refractivity contribution in [3.05, 3.63) is 103 Å². The van der Waals surface area contributed by atoms with Crippen molar-refractivity contribution < 1.29 is 14.7 Å². The van der Waals surface area contributed by atoms with Gasteiger partial charge in [0.15, 0.2) is 5.78 Å². The van der Waals surface area contributed by atoms with E-state index in [0.717, 1.165) is 33.0 Å². The minimum absolute atomic E-state index is 0.000829. The molecule has 2 aromatic carbocycles. The number of amides is 1. The number of pyridine rings is 1. The third kappa shape index (κ3) is 5.40. The number of nitrogens with zero attached hydrogens (tertiary/aromatic N) is 3. The van der Waals surface area contributed by atoms with E-state index in [9.17, 15) is 24.8 Å². The predicted octanol–water partition coefficient (Wildman–Crippen LogP) is 4.56. The Hall–Kier alpha value is -4.00. The number of ketones is 1. The van der Waals surface area contributed by atoms with Gasteiger partial charge in [-0.15, -0.1) is 0 Å². The van der Waals surface area contributed by atoms with Gasteiger partial charge in [0.1, 0.15) is 16.0 Å². The summed E-state index contributed by atoms with van der Waals surface area (Å²) in [5, 5.41) is 20.6. The number of thiocarbonyl (C=S) groups is 1. The maximum absolute atomic E-state index is 13.3. The number of aromatic nitrogens is 1. The van der Waals surface area contributed by atoms with E-state index in [1.54, 1.807) is 6.08 Å². The summed E-state index contributed by atoms with van der Waals surface area (Å²) in [6.07, 6.45) is 1.60. The molecule has 1 aliphatic rings. The molecule has 3 aromatic rings. The number of carbonyl (C=O) groups excluding carboxylic acids is 2. The molecule has 2 heterocycles. The van der Waals surface area contributed by atoms with E-state index in [2.05, 4.69) is 0 Å². The van der Waals surface area contributed by atoms with Crippen LogP contribution in [0.3, 0.4) is 0 Å². The van der Waals surface area contributed by atoms with Crippen molar-refractivity contribution in [2.24, 2.45) is 0 Å². The number of aryl methyl sites for hydroxylation is 1. The van der Waals surface area contributed by atoms with Crippen LogP contribution >= 0.6 is 24.0 Å². The number of hydrogen-bond acceptors (Lipinski definition) is 7. The van der Waals surface area contributed by atoms with Crippen molar-refractivity contribution >= 4 is 46.1 Å². The molecule has 0 unspecified atom stereocenters. The van der Waals surface area contributed by atoms with Crippen LogP contribution in [0, 0.1) is 25.2 Å². The second-order valence-corrected chi connectivity index (χ2v) is 10.3. The Kier molecular flexibility index (Phi) is 7.71. The zero-order chi connectivity index (χ0) is 26.7. The lowest BCUT2D eigenvalue weighted by Gasteiger charge is -2.17. The van der Waals surface area contributed by atoms with Crippen LogP contribution < -0.4 is 5.56 Å². The molecule has 1 fully saturated rings. The Morgan fingerprint density at radius 2 is 1.78 bits per heavy atom. The standard InChI is InChI=1S/C28H23N3O4S2/c1-17-8-10-20(11-9-17)16-31-25(33)21(15-29)18(2)24(27(31)35)22(32)12-13-30-26(34)23(37-28(30)36)14-19-6-4-3-5-7-19/h3-11,14,35H,12-13,16H2,1-2H3/b23-14-. The molecule has 7 nitrogen and oxygen atoms in total. The fraction of sp³-hybridized carbons (Fsp3) is 0.179. The average Bonchev–Trinajstić information content (AvgIpc) is 3.14. The SMILES string of the molecule is Cc1ccc(Cn2c(O)c(C(=O)CCN3C(=O)/C(=C/c4ccccc4)SC3=S)c(C)c(C#N)c2=O)cc1. The van der Waals surface area contributed by atoms with E-state index in [0.29, 0.717) is 9.23 Å². The molecule has 0 saturated carbocycles. The molecule has 1 saturated heterocycles. The van der Waals surface area contributed by atoms with E-state index in [1.165, 1.54) is 11.8 Å². The van der Waals surface area contributed by atoms with Crippen LogP contribution in [-0.2, 0) is 11.3 Å². The number of rotatable bonds is 7. The number of nitriles is 1. The normalized spacial score (nSPS) is 14.3. The number of thioether (sulfide) groups is 1. The molecule has 9 heteroatoms. The van der Waals surface area contributed by atoms with Gasteiger partial charge in [-0.1, -0.05) is 84.1 Å². The van der Waals surface area contributed by atoms with Crippen molar-refractivity contribution in [2.75, 3.05) is 6.54 Å². The molecule has 37 heavy (non-hydrogen) atoms. The summed E-state index contributed by atoms with van der Waals surface area (Å²) in [5.41, 5.74) is 1.77. The summed E-state index contributed by atoms with van der Waals surface area (Å²) < 4.78 is 1.37. The first-order chi connectivity index (χ1) is 17.7. The largest absolute Gasteiger partial charge is 0.494 e. The lowest BCUT2D eigenvalue weighted by Crippen LogP contribution is -2.31. The van der Waals surface area contributed by atoms with Gasteiger partial charge in [-0.3, -0.25) is 23.9 Å². The summed E-state index contributed by atoms with van der Waals surface area (Å²) in [7, 11) is 0. The Balaban J connectivity index is 1.59. The smallest absolute Gasteiger partial charge is 0.271 e. The second-order valence-electron chi connectivity index (χ2n) is 8.60. The van der Waals surface area contributed by atoms with Crippen LogP contribution in [0.4, 0.5) is 0 Å². The van der Waals surface area contributed by atoms with Gasteiger partial charge in [-0.2, -0.15) is 5.26 Å². The van der Waals surface area contributed by atoms with Gasteiger partial charge in [-0.25, -0.2) is 0 Å². The lowest BCUT2D eigenvalue weighted by atomic mass is 9.99. The van der Waals surface area contributed by atoms with Gasteiger partial charge in [0, 0.05) is 13.0 Å². The van der Waals surface area contributed by atoms with Crippen LogP contribution in [0.25, 0.3) is 6.08 Å². The lowest BCUT2D eigenvalue weighted by molar-refractivity contribution is -0.122. The monoisotopic (exact) mass is 529 g/mol. The second kappa shape index (κ2) is 10.9. The summed E-state index contributed by atoms with van der Waals surface area (Å²) in [6, 6.07) is 18.6. The minimum atomic E-state index is -0.669. The predicted molar refractivity (Wildman–Crippen MR) is 147 cm³/mol.